The zero-order chi connectivity index (χ0) is 13.0. The Balaban J connectivity index is 2.07. The third-order valence-electron chi connectivity index (χ3n) is 2.41. The van der Waals surface area contributed by atoms with Crippen LogP contribution in [0.2, 0.25) is 0 Å². The summed E-state index contributed by atoms with van der Waals surface area (Å²) in [6.07, 6.45) is 1.63. The van der Waals surface area contributed by atoms with E-state index in [4.69, 9.17) is 15.2 Å². The van der Waals surface area contributed by atoms with Crippen molar-refractivity contribution in [3.8, 4) is 11.5 Å². The lowest BCUT2D eigenvalue weighted by Gasteiger charge is -2.09. The minimum absolute atomic E-state index is 0.394. The summed E-state index contributed by atoms with van der Waals surface area (Å²) in [6, 6.07) is 9.35. The van der Waals surface area contributed by atoms with Crippen molar-refractivity contribution in [3.05, 3.63) is 46.6 Å². The zero-order valence-electron chi connectivity index (χ0n) is 9.89. The Hall–Kier alpha value is -1.75. The van der Waals surface area contributed by atoms with Crippen LogP contribution in [0, 0.1) is 0 Å². The Morgan fingerprint density at radius 3 is 2.78 bits per heavy atom. The van der Waals surface area contributed by atoms with Crippen LogP contribution in [0.3, 0.4) is 0 Å². The number of hydrogen-bond acceptors (Lipinski definition) is 4. The van der Waals surface area contributed by atoms with Crippen molar-refractivity contribution < 1.29 is 9.47 Å². The lowest BCUT2D eigenvalue weighted by Crippen LogP contribution is -2.00. The maximum atomic E-state index is 5.69. The van der Waals surface area contributed by atoms with Crippen LogP contribution in [0.15, 0.2) is 41.0 Å². The molecular weight excluding hydrogens is 296 g/mol. The molecule has 0 unspecified atom stereocenters. The van der Waals surface area contributed by atoms with E-state index in [2.05, 4.69) is 20.9 Å². The van der Waals surface area contributed by atoms with Crippen molar-refractivity contribution in [1.29, 1.82) is 0 Å². The number of pyridine rings is 1. The van der Waals surface area contributed by atoms with E-state index in [-0.39, 0.29) is 0 Å². The Morgan fingerprint density at radius 1 is 1.28 bits per heavy atom. The van der Waals surface area contributed by atoms with Gasteiger partial charge in [-0.15, -0.1) is 0 Å². The summed E-state index contributed by atoms with van der Waals surface area (Å²) in [7, 11) is 1.63. The molecule has 0 fully saturated rings. The average Bonchev–Trinajstić information content (AvgIpc) is 2.38. The van der Waals surface area contributed by atoms with Gasteiger partial charge in [0.05, 0.1) is 11.6 Å². The smallest absolute Gasteiger partial charge is 0.166 e. The quantitative estimate of drug-likeness (QED) is 0.943. The predicted octanol–water partition coefficient (Wildman–Crippen LogP) is 3.01. The number of benzene rings is 1. The molecule has 0 atom stereocenters. The van der Waals surface area contributed by atoms with Gasteiger partial charge in [-0.1, -0.05) is 6.07 Å². The first-order valence-electron chi connectivity index (χ1n) is 5.36. The van der Waals surface area contributed by atoms with E-state index in [0.717, 1.165) is 15.8 Å². The zero-order valence-corrected chi connectivity index (χ0v) is 11.5. The van der Waals surface area contributed by atoms with Crippen molar-refractivity contribution in [2.75, 3.05) is 12.8 Å². The van der Waals surface area contributed by atoms with Gasteiger partial charge in [0.1, 0.15) is 12.4 Å². The molecule has 0 bridgehead atoms. The molecule has 94 valence electrons. The van der Waals surface area contributed by atoms with Gasteiger partial charge in [0.25, 0.3) is 0 Å². The average molecular weight is 309 g/mol. The number of nitrogen functional groups attached to an aromatic ring is 1. The van der Waals surface area contributed by atoms with Crippen LogP contribution in [0.25, 0.3) is 0 Å². The van der Waals surface area contributed by atoms with Gasteiger partial charge in [0.15, 0.2) is 11.6 Å². The highest BCUT2D eigenvalue weighted by molar-refractivity contribution is 9.10. The number of ether oxygens (including phenoxy) is 2. The van der Waals surface area contributed by atoms with Gasteiger partial charge in [-0.2, -0.15) is 0 Å². The summed E-state index contributed by atoms with van der Waals surface area (Å²) in [5.41, 5.74) is 6.71. The van der Waals surface area contributed by atoms with E-state index in [1.54, 1.807) is 25.4 Å². The lowest BCUT2D eigenvalue weighted by atomic mass is 10.2. The minimum Gasteiger partial charge on any atom is -0.496 e. The Labute approximate surface area is 114 Å². The van der Waals surface area contributed by atoms with Crippen molar-refractivity contribution in [1.82, 2.24) is 4.98 Å². The highest BCUT2D eigenvalue weighted by Gasteiger charge is 2.04. The van der Waals surface area contributed by atoms with E-state index in [0.29, 0.717) is 18.2 Å². The summed E-state index contributed by atoms with van der Waals surface area (Å²) in [4.78, 5) is 3.96. The van der Waals surface area contributed by atoms with Crippen molar-refractivity contribution in [3.63, 3.8) is 0 Å². The highest BCUT2D eigenvalue weighted by atomic mass is 79.9. The summed E-state index contributed by atoms with van der Waals surface area (Å²) < 4.78 is 11.7. The molecule has 0 spiro atoms. The van der Waals surface area contributed by atoms with E-state index in [9.17, 15) is 0 Å². The van der Waals surface area contributed by atoms with E-state index in [1.807, 2.05) is 18.2 Å². The first kappa shape index (κ1) is 12.7. The maximum Gasteiger partial charge on any atom is 0.166 e. The van der Waals surface area contributed by atoms with Crippen LogP contribution in [0.5, 0.6) is 11.5 Å². The first-order chi connectivity index (χ1) is 8.70. The second-order valence-electron chi connectivity index (χ2n) is 3.64. The third kappa shape index (κ3) is 2.92. The molecule has 0 aliphatic carbocycles. The van der Waals surface area contributed by atoms with Crippen LogP contribution in [-0.2, 0) is 6.61 Å². The lowest BCUT2D eigenvalue weighted by molar-refractivity contribution is 0.306. The molecule has 1 aromatic carbocycles. The molecule has 18 heavy (non-hydrogen) atoms. The van der Waals surface area contributed by atoms with Crippen LogP contribution < -0.4 is 15.2 Å². The van der Waals surface area contributed by atoms with Gasteiger partial charge >= 0.3 is 0 Å². The number of halogens is 1. The molecule has 0 aliphatic heterocycles. The SMILES string of the molecule is COc1ccc(COc2cccnc2N)cc1Br. The molecule has 1 aromatic heterocycles. The van der Waals surface area contributed by atoms with Gasteiger partial charge in [-0.3, -0.25) is 0 Å². The second kappa shape index (κ2) is 5.73. The fraction of sp³-hybridized carbons (Fsp3) is 0.154. The van der Waals surface area contributed by atoms with Crippen LogP contribution >= 0.6 is 15.9 Å². The second-order valence-corrected chi connectivity index (χ2v) is 4.50. The molecule has 0 aliphatic rings. The number of aromatic nitrogens is 1. The van der Waals surface area contributed by atoms with Gasteiger partial charge in [0.2, 0.25) is 0 Å². The Morgan fingerprint density at radius 2 is 2.11 bits per heavy atom. The van der Waals surface area contributed by atoms with Crippen LogP contribution in [0.1, 0.15) is 5.56 Å². The van der Waals surface area contributed by atoms with E-state index in [1.165, 1.54) is 0 Å². The summed E-state index contributed by atoms with van der Waals surface area (Å²) in [5.74, 6) is 1.77. The van der Waals surface area contributed by atoms with Gasteiger partial charge in [0, 0.05) is 6.20 Å². The highest BCUT2D eigenvalue weighted by Crippen LogP contribution is 2.26. The van der Waals surface area contributed by atoms with Crippen molar-refractivity contribution in [2.24, 2.45) is 0 Å². The minimum atomic E-state index is 0.394. The molecule has 2 aromatic rings. The molecule has 2 rings (SSSR count). The molecule has 5 heteroatoms. The summed E-state index contributed by atoms with van der Waals surface area (Å²) >= 11 is 3.43. The van der Waals surface area contributed by atoms with Crippen LogP contribution in [0.4, 0.5) is 5.82 Å². The van der Waals surface area contributed by atoms with Crippen molar-refractivity contribution in [2.45, 2.75) is 6.61 Å². The van der Waals surface area contributed by atoms with Gasteiger partial charge in [-0.25, -0.2) is 4.98 Å². The predicted molar refractivity (Wildman–Crippen MR) is 73.7 cm³/mol. The molecule has 0 amide bonds. The fourth-order valence-electron chi connectivity index (χ4n) is 1.49. The number of hydrogen-bond donors (Lipinski definition) is 1. The molecule has 0 radical (unpaired) electrons. The Bertz CT molecular complexity index is 546. The topological polar surface area (TPSA) is 57.4 Å². The number of methoxy groups -OCH3 is 1. The van der Waals surface area contributed by atoms with Crippen molar-refractivity contribution >= 4 is 21.7 Å². The third-order valence-corrected chi connectivity index (χ3v) is 3.03. The monoisotopic (exact) mass is 308 g/mol. The standard InChI is InChI=1S/C13H13BrN2O2/c1-17-11-5-4-9(7-10(11)14)8-18-12-3-2-6-16-13(12)15/h2-7H,8H2,1H3,(H2,15,16). The fourth-order valence-corrected chi connectivity index (χ4v) is 2.07. The number of nitrogens with two attached hydrogens (primary N) is 1. The maximum absolute atomic E-state index is 5.69. The first-order valence-corrected chi connectivity index (χ1v) is 6.15. The molecule has 2 N–H and O–H groups in total. The number of nitrogens with zero attached hydrogens (tertiary/aromatic N) is 1. The molecular formula is C13H13BrN2O2. The summed E-state index contributed by atoms with van der Waals surface area (Å²) in [6.45, 7) is 0.429. The molecule has 1 heterocycles. The van der Waals surface area contributed by atoms with E-state index < -0.39 is 0 Å². The normalized spacial score (nSPS) is 10.1. The van der Waals surface area contributed by atoms with Crippen LogP contribution in [-0.4, -0.2) is 12.1 Å². The summed E-state index contributed by atoms with van der Waals surface area (Å²) in [5, 5.41) is 0. The molecule has 0 saturated carbocycles. The molecule has 4 nitrogen and oxygen atoms in total. The van der Waals surface area contributed by atoms with E-state index >= 15 is 0 Å². The number of anilines is 1. The largest absolute Gasteiger partial charge is 0.496 e. The Kier molecular flexibility index (Phi) is 4.04. The number of rotatable bonds is 4. The van der Waals surface area contributed by atoms with Gasteiger partial charge in [-0.05, 0) is 45.8 Å². The molecule has 0 saturated heterocycles. The van der Waals surface area contributed by atoms with Gasteiger partial charge < -0.3 is 15.2 Å².